The summed E-state index contributed by atoms with van der Waals surface area (Å²) in [5.41, 5.74) is 5.53. The monoisotopic (exact) mass is 545 g/mol. The number of aromatic hydroxyl groups is 1. The summed E-state index contributed by atoms with van der Waals surface area (Å²) in [6.07, 6.45) is 6.50. The van der Waals surface area contributed by atoms with E-state index in [-0.39, 0.29) is 17.3 Å². The zero-order valence-electron chi connectivity index (χ0n) is 22.5. The van der Waals surface area contributed by atoms with Gasteiger partial charge in [0.2, 0.25) is 11.8 Å². The summed E-state index contributed by atoms with van der Waals surface area (Å²) in [6, 6.07) is 13.7. The van der Waals surface area contributed by atoms with Gasteiger partial charge in [-0.1, -0.05) is 31.0 Å². The van der Waals surface area contributed by atoms with Gasteiger partial charge in [-0.2, -0.15) is 4.98 Å². The van der Waals surface area contributed by atoms with Gasteiger partial charge in [-0.25, -0.2) is 9.78 Å². The third-order valence-corrected chi connectivity index (χ3v) is 9.73. The number of fused-ring (bicyclic) bond motifs is 2. The van der Waals surface area contributed by atoms with Gasteiger partial charge in [0.25, 0.3) is 0 Å². The highest BCUT2D eigenvalue weighted by Gasteiger charge is 2.46. The molecular weight excluding hydrogens is 510 g/mol. The highest BCUT2D eigenvalue weighted by atomic mass is 32.2. The first kappa shape index (κ1) is 26.0. The van der Waals surface area contributed by atoms with Crippen molar-refractivity contribution in [3.05, 3.63) is 59.3 Å². The van der Waals surface area contributed by atoms with Gasteiger partial charge < -0.3 is 20.3 Å². The Balaban J connectivity index is 1.28. The fourth-order valence-electron chi connectivity index (χ4n) is 6.19. The molecular formula is C30H35N5O3S. The Hall–Kier alpha value is -3.30. The van der Waals surface area contributed by atoms with Crippen LogP contribution in [0.5, 0.6) is 5.88 Å². The Morgan fingerprint density at radius 3 is 2.56 bits per heavy atom. The van der Waals surface area contributed by atoms with Gasteiger partial charge in [0, 0.05) is 37.2 Å². The van der Waals surface area contributed by atoms with Gasteiger partial charge >= 0.3 is 6.03 Å². The predicted octanol–water partition coefficient (Wildman–Crippen LogP) is 5.44. The van der Waals surface area contributed by atoms with E-state index in [4.69, 9.17) is 4.98 Å². The highest BCUT2D eigenvalue weighted by Crippen LogP contribution is 2.53. The van der Waals surface area contributed by atoms with Crippen LogP contribution in [0.3, 0.4) is 0 Å². The Kier molecular flexibility index (Phi) is 6.89. The van der Waals surface area contributed by atoms with Crippen molar-refractivity contribution >= 4 is 28.8 Å². The molecule has 1 aromatic heterocycles. The molecule has 1 aliphatic heterocycles. The summed E-state index contributed by atoms with van der Waals surface area (Å²) in [5, 5.41) is 17.0. The van der Waals surface area contributed by atoms with Crippen molar-refractivity contribution in [1.29, 1.82) is 0 Å². The molecule has 0 radical (unpaired) electrons. The first-order chi connectivity index (χ1) is 18.9. The van der Waals surface area contributed by atoms with Gasteiger partial charge in [-0.3, -0.25) is 4.90 Å². The van der Waals surface area contributed by atoms with E-state index in [2.05, 4.69) is 21.7 Å². The van der Waals surface area contributed by atoms with E-state index in [0.29, 0.717) is 36.3 Å². The fraction of sp³-hybridized carbons (Fsp3) is 0.433. The summed E-state index contributed by atoms with van der Waals surface area (Å²) >= 11 is -0.986. The lowest BCUT2D eigenvalue weighted by atomic mass is 9.80. The molecule has 39 heavy (non-hydrogen) atoms. The topological polar surface area (TPSA) is 113 Å². The van der Waals surface area contributed by atoms with Gasteiger partial charge in [0.1, 0.15) is 5.75 Å². The largest absolute Gasteiger partial charge is 0.611 e. The van der Waals surface area contributed by atoms with Crippen molar-refractivity contribution in [3.8, 4) is 17.0 Å². The van der Waals surface area contributed by atoms with Crippen molar-refractivity contribution in [2.75, 3.05) is 29.6 Å². The standard InChI is InChI=1S/C30H35N5O3S/c1-3-39(38)22-11-6-19(7-12-22)17-32-29(37)35-18-30(14-4-5-15-30)23-16-21(10-13-24(23)35)25-26(20-8-9-20)33-28(31-2)34-27(25)36/h6-7,10-13,16,20H,3-5,8-9,14-15,17-18H2,1-2H3,(H,32,37)(H2,31,33,34,36). The van der Waals surface area contributed by atoms with Crippen LogP contribution in [-0.4, -0.2) is 45.0 Å². The molecule has 3 aromatic rings. The number of hydrogen-bond donors (Lipinski definition) is 3. The molecule has 1 spiro atoms. The number of urea groups is 1. The Morgan fingerprint density at radius 2 is 1.90 bits per heavy atom. The van der Waals surface area contributed by atoms with Crippen molar-refractivity contribution in [2.24, 2.45) is 0 Å². The van der Waals surface area contributed by atoms with Crippen LogP contribution in [0.25, 0.3) is 11.1 Å². The summed E-state index contributed by atoms with van der Waals surface area (Å²) in [4.78, 5) is 25.2. The first-order valence-corrected chi connectivity index (χ1v) is 15.2. The minimum absolute atomic E-state index is 0.00180. The summed E-state index contributed by atoms with van der Waals surface area (Å²) in [6.45, 7) is 2.96. The minimum atomic E-state index is -0.986. The number of nitrogens with one attached hydrogen (secondary N) is 2. The normalized spacial score (nSPS) is 18.3. The number of anilines is 2. The Labute approximate surface area is 232 Å². The molecule has 3 aliphatic rings. The number of rotatable bonds is 7. The van der Waals surface area contributed by atoms with E-state index < -0.39 is 11.2 Å². The molecule has 0 bridgehead atoms. The fourth-order valence-corrected chi connectivity index (χ4v) is 6.96. The van der Waals surface area contributed by atoms with Crippen molar-refractivity contribution in [1.82, 2.24) is 15.3 Å². The zero-order valence-corrected chi connectivity index (χ0v) is 23.3. The molecule has 2 aliphatic carbocycles. The molecule has 204 valence electrons. The van der Waals surface area contributed by atoms with Crippen LogP contribution in [0, 0.1) is 0 Å². The molecule has 2 fully saturated rings. The van der Waals surface area contributed by atoms with Gasteiger partial charge in [0.15, 0.2) is 4.90 Å². The molecule has 1 atom stereocenters. The van der Waals surface area contributed by atoms with Gasteiger partial charge in [-0.05, 0) is 84.7 Å². The molecule has 2 heterocycles. The predicted molar refractivity (Wildman–Crippen MR) is 154 cm³/mol. The molecule has 2 saturated carbocycles. The summed E-state index contributed by atoms with van der Waals surface area (Å²) in [7, 11) is 1.76. The summed E-state index contributed by atoms with van der Waals surface area (Å²) in [5.74, 6) is 1.36. The van der Waals surface area contributed by atoms with Crippen molar-refractivity contribution in [3.63, 3.8) is 0 Å². The van der Waals surface area contributed by atoms with Crippen LogP contribution in [0.1, 0.15) is 68.2 Å². The average molecular weight is 546 g/mol. The molecule has 0 saturated heterocycles. The molecule has 6 rings (SSSR count). The molecule has 1 unspecified atom stereocenters. The molecule has 2 amide bonds. The molecule has 3 N–H and O–H groups in total. The SMILES string of the molecule is CC[S+]([O-])c1ccc(CNC(=O)N2CC3(CCCC3)c3cc(-c4c(O)nc(NC)nc4C4CC4)ccc32)cc1. The summed E-state index contributed by atoms with van der Waals surface area (Å²) < 4.78 is 12.0. The highest BCUT2D eigenvalue weighted by molar-refractivity contribution is 7.91. The number of aromatic nitrogens is 2. The first-order valence-electron chi connectivity index (χ1n) is 13.9. The number of carbonyl (C=O) groups is 1. The smallest absolute Gasteiger partial charge is 0.322 e. The van der Waals surface area contributed by atoms with Gasteiger partial charge in [-0.15, -0.1) is 0 Å². The van der Waals surface area contributed by atoms with Crippen LogP contribution < -0.4 is 15.5 Å². The lowest BCUT2D eigenvalue weighted by Crippen LogP contribution is -2.41. The van der Waals surface area contributed by atoms with Crippen LogP contribution in [0.4, 0.5) is 16.4 Å². The maximum absolute atomic E-state index is 13.5. The third kappa shape index (κ3) is 4.82. The maximum atomic E-state index is 13.5. The van der Waals surface area contributed by atoms with E-state index in [9.17, 15) is 14.5 Å². The number of carbonyl (C=O) groups excluding carboxylic acids is 1. The molecule has 8 nitrogen and oxygen atoms in total. The second kappa shape index (κ2) is 10.4. The quantitative estimate of drug-likeness (QED) is 0.341. The van der Waals surface area contributed by atoms with Crippen LogP contribution in [0.15, 0.2) is 47.4 Å². The van der Waals surface area contributed by atoms with E-state index in [1.165, 1.54) is 5.56 Å². The number of hydrogen-bond acceptors (Lipinski definition) is 6. The Bertz CT molecular complexity index is 1390. The molecule has 2 aromatic carbocycles. The molecule has 9 heteroatoms. The van der Waals surface area contributed by atoms with Crippen molar-refractivity contribution < 1.29 is 14.5 Å². The number of nitrogens with zero attached hydrogens (tertiary/aromatic N) is 3. The Morgan fingerprint density at radius 1 is 1.15 bits per heavy atom. The van der Waals surface area contributed by atoms with Crippen LogP contribution >= 0.6 is 0 Å². The van der Waals surface area contributed by atoms with E-state index >= 15 is 0 Å². The van der Waals surface area contributed by atoms with Crippen LogP contribution in [0.2, 0.25) is 0 Å². The van der Waals surface area contributed by atoms with E-state index in [1.54, 1.807) is 7.05 Å². The lowest BCUT2D eigenvalue weighted by Gasteiger charge is -2.25. The minimum Gasteiger partial charge on any atom is -0.611 e. The van der Waals surface area contributed by atoms with E-state index in [0.717, 1.165) is 65.9 Å². The average Bonchev–Trinajstić information content (AvgIpc) is 3.63. The zero-order chi connectivity index (χ0) is 27.1. The van der Waals surface area contributed by atoms with Crippen molar-refractivity contribution in [2.45, 2.75) is 68.2 Å². The maximum Gasteiger partial charge on any atom is 0.322 e. The second-order valence-electron chi connectivity index (χ2n) is 10.9. The second-order valence-corrected chi connectivity index (χ2v) is 12.6. The van der Waals surface area contributed by atoms with E-state index in [1.807, 2.05) is 48.2 Å². The lowest BCUT2D eigenvalue weighted by molar-refractivity contribution is 0.245. The van der Waals surface area contributed by atoms with Gasteiger partial charge in [0.05, 0.1) is 11.3 Å². The third-order valence-electron chi connectivity index (χ3n) is 8.41. The van der Waals surface area contributed by atoms with Crippen LogP contribution in [-0.2, 0) is 23.1 Å². The number of benzene rings is 2. The number of amides is 2.